The van der Waals surface area contributed by atoms with Crippen LogP contribution in [0.4, 0.5) is 8.78 Å². The molecule has 28 heavy (non-hydrogen) atoms. The first-order valence-electron chi connectivity index (χ1n) is 10.1. The van der Waals surface area contributed by atoms with E-state index in [0.29, 0.717) is 30.9 Å². The highest BCUT2D eigenvalue weighted by atomic mass is 19.1. The average molecular weight is 400 g/mol. The standard InChI is InChI=1S/C16H24F2O.C6H11NO2/c1-4-6-15(8-7-12(3)5-2)19-16-10-13(17)9-14(18)11-16;1-7-6(9)4-2-3-5-8/h9-12,15H,4-8H2,1-3H3;5H,2-4H2,1H3,(H,7,9). The van der Waals surface area contributed by atoms with Crippen LogP contribution in [0.1, 0.15) is 72.1 Å². The first-order valence-corrected chi connectivity index (χ1v) is 10.1. The van der Waals surface area contributed by atoms with Gasteiger partial charge in [-0.1, -0.05) is 33.6 Å². The van der Waals surface area contributed by atoms with Crippen molar-refractivity contribution in [2.24, 2.45) is 5.92 Å². The van der Waals surface area contributed by atoms with Gasteiger partial charge in [-0.15, -0.1) is 0 Å². The maximum absolute atomic E-state index is 13.1. The fraction of sp³-hybridized carbons (Fsp3) is 0.636. The van der Waals surface area contributed by atoms with Gasteiger partial charge in [0, 0.05) is 38.1 Å². The summed E-state index contributed by atoms with van der Waals surface area (Å²) in [6.07, 6.45) is 7.53. The number of nitrogens with one attached hydrogen (secondary N) is 1. The molecule has 6 heteroatoms. The number of aldehydes is 1. The minimum Gasteiger partial charge on any atom is -0.490 e. The van der Waals surface area contributed by atoms with Gasteiger partial charge in [-0.25, -0.2) is 8.78 Å². The number of amides is 1. The predicted molar refractivity (Wildman–Crippen MR) is 108 cm³/mol. The lowest BCUT2D eigenvalue weighted by molar-refractivity contribution is -0.120. The van der Waals surface area contributed by atoms with Gasteiger partial charge in [-0.2, -0.15) is 0 Å². The van der Waals surface area contributed by atoms with Crippen LogP contribution in [0.5, 0.6) is 5.75 Å². The number of halogens is 2. The van der Waals surface area contributed by atoms with E-state index in [-0.39, 0.29) is 12.0 Å². The van der Waals surface area contributed by atoms with Crippen molar-refractivity contribution in [2.75, 3.05) is 7.05 Å². The quantitative estimate of drug-likeness (QED) is 0.376. The smallest absolute Gasteiger partial charge is 0.219 e. The topological polar surface area (TPSA) is 55.4 Å². The fourth-order valence-corrected chi connectivity index (χ4v) is 2.52. The van der Waals surface area contributed by atoms with E-state index in [1.807, 2.05) is 0 Å². The van der Waals surface area contributed by atoms with Crippen LogP contribution in [0.25, 0.3) is 0 Å². The van der Waals surface area contributed by atoms with Gasteiger partial charge in [0.2, 0.25) is 5.91 Å². The molecule has 2 atom stereocenters. The molecule has 160 valence electrons. The van der Waals surface area contributed by atoms with E-state index in [4.69, 9.17) is 4.74 Å². The summed E-state index contributed by atoms with van der Waals surface area (Å²) >= 11 is 0. The van der Waals surface area contributed by atoms with E-state index in [1.54, 1.807) is 7.05 Å². The monoisotopic (exact) mass is 399 g/mol. The number of unbranched alkanes of at least 4 members (excludes halogenated alkanes) is 1. The van der Waals surface area contributed by atoms with Gasteiger partial charge in [-0.05, 0) is 31.6 Å². The zero-order valence-electron chi connectivity index (χ0n) is 17.6. The molecule has 1 rings (SSSR count). The lowest BCUT2D eigenvalue weighted by Gasteiger charge is -2.20. The van der Waals surface area contributed by atoms with Crippen molar-refractivity contribution in [3.05, 3.63) is 29.8 Å². The molecule has 0 aliphatic rings. The Morgan fingerprint density at radius 2 is 1.79 bits per heavy atom. The average Bonchev–Trinajstić information content (AvgIpc) is 2.65. The Hall–Kier alpha value is -1.98. The molecule has 0 saturated heterocycles. The molecule has 0 fully saturated rings. The molecular weight excluding hydrogens is 364 g/mol. The largest absolute Gasteiger partial charge is 0.490 e. The molecule has 0 spiro atoms. The van der Waals surface area contributed by atoms with Crippen LogP contribution in [0.2, 0.25) is 0 Å². The molecule has 0 aliphatic heterocycles. The summed E-state index contributed by atoms with van der Waals surface area (Å²) < 4.78 is 32.0. The Morgan fingerprint density at radius 3 is 2.29 bits per heavy atom. The second-order valence-electron chi connectivity index (χ2n) is 6.96. The Balaban J connectivity index is 0.000000684. The minimum absolute atomic E-state index is 0.00292. The van der Waals surface area contributed by atoms with Crippen LogP contribution < -0.4 is 10.1 Å². The summed E-state index contributed by atoms with van der Waals surface area (Å²) in [6, 6.07) is 3.35. The lowest BCUT2D eigenvalue weighted by atomic mass is 9.99. The zero-order chi connectivity index (χ0) is 21.4. The van der Waals surface area contributed by atoms with Crippen LogP contribution in [-0.2, 0) is 9.59 Å². The second-order valence-corrected chi connectivity index (χ2v) is 6.96. The predicted octanol–water partition coefficient (Wildman–Crippen LogP) is 5.44. The summed E-state index contributed by atoms with van der Waals surface area (Å²) in [7, 11) is 1.59. The Labute approximate surface area is 168 Å². The van der Waals surface area contributed by atoms with Crippen molar-refractivity contribution in [3.8, 4) is 5.75 Å². The number of benzene rings is 1. The van der Waals surface area contributed by atoms with Crippen LogP contribution in [0.3, 0.4) is 0 Å². The van der Waals surface area contributed by atoms with Crippen LogP contribution in [-0.4, -0.2) is 25.3 Å². The van der Waals surface area contributed by atoms with Gasteiger partial charge in [0.05, 0.1) is 6.10 Å². The van der Waals surface area contributed by atoms with Crippen LogP contribution >= 0.6 is 0 Å². The number of hydrogen-bond acceptors (Lipinski definition) is 3. The Bertz CT molecular complexity index is 546. The summed E-state index contributed by atoms with van der Waals surface area (Å²) in [5, 5.41) is 2.47. The van der Waals surface area contributed by atoms with E-state index < -0.39 is 11.6 Å². The lowest BCUT2D eigenvalue weighted by Crippen LogP contribution is -2.17. The molecule has 1 N–H and O–H groups in total. The molecule has 1 aromatic carbocycles. The summed E-state index contributed by atoms with van der Waals surface area (Å²) in [5.41, 5.74) is 0. The summed E-state index contributed by atoms with van der Waals surface area (Å²) in [6.45, 7) is 6.47. The Morgan fingerprint density at radius 1 is 1.14 bits per heavy atom. The molecule has 1 aromatic rings. The summed E-state index contributed by atoms with van der Waals surface area (Å²) in [5.74, 6) is -0.233. The zero-order valence-corrected chi connectivity index (χ0v) is 17.6. The van der Waals surface area contributed by atoms with E-state index in [9.17, 15) is 18.4 Å². The highest BCUT2D eigenvalue weighted by molar-refractivity contribution is 5.75. The van der Waals surface area contributed by atoms with Gasteiger partial charge in [0.25, 0.3) is 0 Å². The van der Waals surface area contributed by atoms with Crippen molar-refractivity contribution >= 4 is 12.2 Å². The maximum atomic E-state index is 13.1. The second kappa shape index (κ2) is 16.0. The van der Waals surface area contributed by atoms with E-state index in [0.717, 1.165) is 44.5 Å². The summed E-state index contributed by atoms with van der Waals surface area (Å²) in [4.78, 5) is 20.2. The van der Waals surface area contributed by atoms with Crippen LogP contribution in [0.15, 0.2) is 18.2 Å². The molecular formula is C22H35F2NO3. The Kier molecular flexibility index (Phi) is 14.9. The molecule has 2 unspecified atom stereocenters. The molecule has 0 heterocycles. The highest BCUT2D eigenvalue weighted by Crippen LogP contribution is 2.22. The highest BCUT2D eigenvalue weighted by Gasteiger charge is 2.13. The molecule has 0 aliphatic carbocycles. The molecule has 0 bridgehead atoms. The van der Waals surface area contributed by atoms with Crippen molar-refractivity contribution in [1.29, 1.82) is 0 Å². The third-order valence-corrected chi connectivity index (χ3v) is 4.43. The van der Waals surface area contributed by atoms with Gasteiger partial charge >= 0.3 is 0 Å². The SMILES string of the molecule is CCCC(CCC(C)CC)Oc1cc(F)cc(F)c1.CNC(=O)CCCC=O. The third kappa shape index (κ3) is 13.2. The number of rotatable bonds is 12. The van der Waals surface area contributed by atoms with Crippen molar-refractivity contribution in [1.82, 2.24) is 5.32 Å². The number of hydrogen-bond donors (Lipinski definition) is 1. The number of carbonyl (C=O) groups excluding carboxylic acids is 2. The third-order valence-electron chi connectivity index (χ3n) is 4.43. The van der Waals surface area contributed by atoms with E-state index >= 15 is 0 Å². The van der Waals surface area contributed by atoms with Crippen molar-refractivity contribution in [3.63, 3.8) is 0 Å². The molecule has 0 radical (unpaired) electrons. The molecule has 1 amide bonds. The van der Waals surface area contributed by atoms with Crippen molar-refractivity contribution < 1.29 is 23.1 Å². The van der Waals surface area contributed by atoms with Gasteiger partial charge in [0.15, 0.2) is 0 Å². The van der Waals surface area contributed by atoms with Crippen LogP contribution in [0, 0.1) is 17.6 Å². The first-order chi connectivity index (χ1) is 13.4. The molecule has 0 aromatic heterocycles. The normalized spacial score (nSPS) is 12.4. The number of ether oxygens (including phenoxy) is 1. The van der Waals surface area contributed by atoms with E-state index in [2.05, 4.69) is 26.1 Å². The van der Waals surface area contributed by atoms with E-state index in [1.165, 1.54) is 12.1 Å². The molecule has 4 nitrogen and oxygen atoms in total. The van der Waals surface area contributed by atoms with Gasteiger partial charge < -0.3 is 14.8 Å². The first kappa shape index (κ1) is 26.0. The number of carbonyl (C=O) groups is 2. The maximum Gasteiger partial charge on any atom is 0.219 e. The van der Waals surface area contributed by atoms with Gasteiger partial charge in [0.1, 0.15) is 23.7 Å². The van der Waals surface area contributed by atoms with Crippen molar-refractivity contribution in [2.45, 2.75) is 78.2 Å². The minimum atomic E-state index is -0.591. The molecule has 0 saturated carbocycles. The van der Waals surface area contributed by atoms with Gasteiger partial charge in [-0.3, -0.25) is 4.79 Å². The fourth-order valence-electron chi connectivity index (χ4n) is 2.52.